The maximum Gasteiger partial charge on any atom is 0.246 e. The summed E-state index contributed by atoms with van der Waals surface area (Å²) in [4.78, 5) is 0.146. The Hall–Kier alpha value is -1.27. The molecule has 0 fully saturated rings. The summed E-state index contributed by atoms with van der Waals surface area (Å²) in [5.74, 6) is 0.699. The second-order valence-corrected chi connectivity index (χ2v) is 7.38. The van der Waals surface area contributed by atoms with Gasteiger partial charge in [-0.1, -0.05) is 13.8 Å². The normalized spacial score (nSPS) is 13.8. The van der Waals surface area contributed by atoms with Gasteiger partial charge in [-0.15, -0.1) is 0 Å². The van der Waals surface area contributed by atoms with Gasteiger partial charge in [0.15, 0.2) is 0 Å². The van der Waals surface area contributed by atoms with Gasteiger partial charge in [0.2, 0.25) is 10.0 Å². The van der Waals surface area contributed by atoms with Gasteiger partial charge in [0, 0.05) is 24.8 Å². The number of nitrogens with two attached hydrogens (primary N) is 1. The number of methoxy groups -OCH3 is 1. The second-order valence-electron chi connectivity index (χ2n) is 5.41. The van der Waals surface area contributed by atoms with Crippen LogP contribution in [0.5, 0.6) is 5.75 Å². The number of nitrogen functional groups attached to an aromatic ring is 1. The molecule has 0 radical (unpaired) electrons. The molecule has 1 rings (SSSR count). The highest BCUT2D eigenvalue weighted by Crippen LogP contribution is 2.29. The summed E-state index contributed by atoms with van der Waals surface area (Å²) in [6.45, 7) is 6.04. The standard InChI is InChI=1S/C14H24N2O3S/c1-10(2)8-11(3)16(4)20(17,18)14-7-6-12(15)9-13(14)19-5/h6-7,9-11H,8,15H2,1-5H3. The van der Waals surface area contributed by atoms with Crippen LogP contribution in [0.3, 0.4) is 0 Å². The Labute approximate surface area is 121 Å². The van der Waals surface area contributed by atoms with E-state index in [4.69, 9.17) is 10.5 Å². The predicted octanol–water partition coefficient (Wildman–Crippen LogP) is 2.33. The lowest BCUT2D eigenvalue weighted by atomic mass is 10.1. The minimum atomic E-state index is -3.59. The molecular weight excluding hydrogens is 276 g/mol. The van der Waals surface area contributed by atoms with Crippen LogP contribution in [0.1, 0.15) is 27.2 Å². The fourth-order valence-corrected chi connectivity index (χ4v) is 3.63. The second kappa shape index (κ2) is 6.45. The van der Waals surface area contributed by atoms with E-state index in [9.17, 15) is 8.42 Å². The number of hydrogen-bond donors (Lipinski definition) is 1. The molecule has 114 valence electrons. The number of rotatable bonds is 6. The van der Waals surface area contributed by atoms with E-state index >= 15 is 0 Å². The molecule has 1 unspecified atom stereocenters. The molecule has 0 aliphatic rings. The van der Waals surface area contributed by atoms with Crippen molar-refractivity contribution in [1.82, 2.24) is 4.31 Å². The van der Waals surface area contributed by atoms with Gasteiger partial charge in [0.1, 0.15) is 10.6 Å². The summed E-state index contributed by atoms with van der Waals surface area (Å²) in [6.07, 6.45) is 0.799. The Bertz CT molecular complexity index is 556. The molecule has 0 aliphatic carbocycles. The smallest absolute Gasteiger partial charge is 0.246 e. The molecule has 6 heteroatoms. The molecule has 0 aromatic heterocycles. The summed E-state index contributed by atoms with van der Waals surface area (Å²) < 4.78 is 31.8. The highest BCUT2D eigenvalue weighted by atomic mass is 32.2. The number of nitrogens with zero attached hydrogens (tertiary/aromatic N) is 1. The van der Waals surface area contributed by atoms with E-state index in [2.05, 4.69) is 13.8 Å². The minimum Gasteiger partial charge on any atom is -0.495 e. The summed E-state index contributed by atoms with van der Waals surface area (Å²) in [6, 6.07) is 4.49. The molecule has 0 bridgehead atoms. The first kappa shape index (κ1) is 16.8. The van der Waals surface area contributed by atoms with Crippen molar-refractivity contribution in [3.63, 3.8) is 0 Å². The van der Waals surface area contributed by atoms with E-state index in [1.807, 2.05) is 6.92 Å². The van der Waals surface area contributed by atoms with Crippen molar-refractivity contribution >= 4 is 15.7 Å². The summed E-state index contributed by atoms with van der Waals surface area (Å²) in [7, 11) is -0.559. The van der Waals surface area contributed by atoms with E-state index in [0.29, 0.717) is 11.6 Å². The van der Waals surface area contributed by atoms with Crippen molar-refractivity contribution < 1.29 is 13.2 Å². The maximum atomic E-state index is 12.7. The molecule has 5 nitrogen and oxygen atoms in total. The Morgan fingerprint density at radius 2 is 1.90 bits per heavy atom. The number of sulfonamides is 1. The third-order valence-electron chi connectivity index (χ3n) is 3.28. The number of benzene rings is 1. The van der Waals surface area contributed by atoms with Gasteiger partial charge in [0.05, 0.1) is 7.11 Å². The third kappa shape index (κ3) is 3.64. The van der Waals surface area contributed by atoms with E-state index in [1.165, 1.54) is 23.5 Å². The molecular formula is C14H24N2O3S. The zero-order chi connectivity index (χ0) is 15.5. The quantitative estimate of drug-likeness (QED) is 0.818. The molecule has 1 aromatic rings. The van der Waals surface area contributed by atoms with E-state index < -0.39 is 10.0 Å². The molecule has 2 N–H and O–H groups in total. The van der Waals surface area contributed by atoms with Crippen LogP contribution in [0.2, 0.25) is 0 Å². The molecule has 0 amide bonds. The van der Waals surface area contributed by atoms with Crippen molar-refractivity contribution in [3.8, 4) is 5.75 Å². The van der Waals surface area contributed by atoms with Gasteiger partial charge < -0.3 is 10.5 Å². The first-order valence-corrected chi connectivity index (χ1v) is 8.05. The van der Waals surface area contributed by atoms with Crippen molar-refractivity contribution in [2.24, 2.45) is 5.92 Å². The lowest BCUT2D eigenvalue weighted by molar-refractivity contribution is 0.335. The molecule has 1 aromatic carbocycles. The van der Waals surface area contributed by atoms with Gasteiger partial charge in [0.25, 0.3) is 0 Å². The lowest BCUT2D eigenvalue weighted by Gasteiger charge is -2.26. The van der Waals surface area contributed by atoms with Gasteiger partial charge >= 0.3 is 0 Å². The first-order chi connectivity index (χ1) is 9.20. The van der Waals surface area contributed by atoms with Crippen LogP contribution < -0.4 is 10.5 Å². The molecule has 0 heterocycles. The Morgan fingerprint density at radius 1 is 1.30 bits per heavy atom. The zero-order valence-corrected chi connectivity index (χ0v) is 13.6. The molecule has 0 saturated carbocycles. The van der Waals surface area contributed by atoms with Crippen molar-refractivity contribution in [1.29, 1.82) is 0 Å². The van der Waals surface area contributed by atoms with Crippen LogP contribution in [0, 0.1) is 5.92 Å². The van der Waals surface area contributed by atoms with Crippen LogP contribution in [0.4, 0.5) is 5.69 Å². The van der Waals surface area contributed by atoms with Crippen LogP contribution in [-0.4, -0.2) is 32.9 Å². The fraction of sp³-hybridized carbons (Fsp3) is 0.571. The Kier molecular flexibility index (Phi) is 5.42. The summed E-state index contributed by atoms with van der Waals surface area (Å²) in [5, 5.41) is 0. The first-order valence-electron chi connectivity index (χ1n) is 6.61. The third-order valence-corrected chi connectivity index (χ3v) is 5.29. The van der Waals surface area contributed by atoms with Crippen LogP contribution in [0.25, 0.3) is 0 Å². The predicted molar refractivity (Wildman–Crippen MR) is 81.3 cm³/mol. The van der Waals surface area contributed by atoms with Crippen LogP contribution in [-0.2, 0) is 10.0 Å². The zero-order valence-electron chi connectivity index (χ0n) is 12.8. The topological polar surface area (TPSA) is 72.6 Å². The van der Waals surface area contributed by atoms with Crippen molar-refractivity contribution in [2.45, 2.75) is 38.1 Å². The van der Waals surface area contributed by atoms with Crippen LogP contribution in [0.15, 0.2) is 23.1 Å². The molecule has 0 spiro atoms. The van der Waals surface area contributed by atoms with Crippen molar-refractivity contribution in [2.75, 3.05) is 19.9 Å². The van der Waals surface area contributed by atoms with Crippen LogP contribution >= 0.6 is 0 Å². The van der Waals surface area contributed by atoms with E-state index in [0.717, 1.165) is 6.42 Å². The van der Waals surface area contributed by atoms with Gasteiger partial charge in [-0.05, 0) is 31.4 Å². The molecule has 1 atom stereocenters. The highest BCUT2D eigenvalue weighted by Gasteiger charge is 2.28. The minimum absolute atomic E-state index is 0.0812. The number of ether oxygens (including phenoxy) is 1. The van der Waals surface area contributed by atoms with Gasteiger partial charge in [-0.2, -0.15) is 4.31 Å². The molecule has 20 heavy (non-hydrogen) atoms. The van der Waals surface area contributed by atoms with Crippen molar-refractivity contribution in [3.05, 3.63) is 18.2 Å². The van der Waals surface area contributed by atoms with E-state index in [1.54, 1.807) is 13.1 Å². The van der Waals surface area contributed by atoms with Gasteiger partial charge in [-0.3, -0.25) is 0 Å². The van der Waals surface area contributed by atoms with E-state index in [-0.39, 0.29) is 16.7 Å². The Morgan fingerprint density at radius 3 is 2.40 bits per heavy atom. The average Bonchev–Trinajstić information content (AvgIpc) is 2.36. The summed E-state index contributed by atoms with van der Waals surface area (Å²) in [5.41, 5.74) is 6.13. The number of hydrogen-bond acceptors (Lipinski definition) is 4. The molecule has 0 aliphatic heterocycles. The largest absolute Gasteiger partial charge is 0.495 e. The highest BCUT2D eigenvalue weighted by molar-refractivity contribution is 7.89. The monoisotopic (exact) mass is 300 g/mol. The maximum absolute atomic E-state index is 12.7. The van der Waals surface area contributed by atoms with Gasteiger partial charge in [-0.25, -0.2) is 8.42 Å². The average molecular weight is 300 g/mol. The SMILES string of the molecule is COc1cc(N)ccc1S(=O)(=O)N(C)C(C)CC(C)C. The molecule has 0 saturated heterocycles. The number of anilines is 1. The summed E-state index contributed by atoms with van der Waals surface area (Å²) >= 11 is 0. The Balaban J connectivity index is 3.16. The fourth-order valence-electron chi connectivity index (χ4n) is 2.12. The lowest BCUT2D eigenvalue weighted by Crippen LogP contribution is -2.36.